The molecule has 0 bridgehead atoms. The van der Waals surface area contributed by atoms with Crippen LogP contribution in [-0.2, 0) is 34.1 Å². The topological polar surface area (TPSA) is 180 Å². The second-order valence-electron chi connectivity index (χ2n) is 0. The minimum absolute atomic E-state index is 0. The monoisotopic (exact) mass is 237 g/mol. The molecule has 0 heterocycles. The third kappa shape index (κ3) is 223. The van der Waals surface area contributed by atoms with Crippen molar-refractivity contribution in [3.8, 4) is 0 Å². The van der Waals surface area contributed by atoms with E-state index in [1.165, 1.54) is 0 Å². The quantitative estimate of drug-likeness (QED) is 0.464. The molecule has 9 heavy (non-hydrogen) atoms. The zero-order valence-electron chi connectivity index (χ0n) is 4.12. The van der Waals surface area contributed by atoms with Crippen molar-refractivity contribution in [1.29, 1.82) is 0 Å². The average molecular weight is 237 g/mol. The summed E-state index contributed by atoms with van der Waals surface area (Å²) in [5.41, 5.74) is 0. The first-order chi connectivity index (χ1) is 0. The largest absolute Gasteiger partial charge is 2.00 e. The van der Waals surface area contributed by atoms with Gasteiger partial charge in [-0.2, -0.15) is 0 Å². The minimum atomic E-state index is 0. The smallest absolute Gasteiger partial charge is 0.870 e. The van der Waals surface area contributed by atoms with E-state index >= 15 is 0 Å². The predicted molar refractivity (Wildman–Crippen MR) is 17.4 cm³/mol. The van der Waals surface area contributed by atoms with Crippen LogP contribution in [0.2, 0.25) is 0 Å². The fourth-order valence-electron chi connectivity index (χ4n) is 0. The molecule has 1 radical (unpaired) electrons. The zero-order valence-corrected chi connectivity index (χ0v) is 7.82. The molecule has 59 valence electrons. The van der Waals surface area contributed by atoms with Crippen molar-refractivity contribution in [3.63, 3.8) is 0 Å². The molecular weight excluding hydrogens is 231 g/mol. The van der Waals surface area contributed by atoms with Crippen molar-refractivity contribution >= 4 is 23.1 Å². The molecule has 0 saturated heterocycles. The maximum absolute atomic E-state index is 0. The Bertz CT molecular complexity index is 13.0. The van der Waals surface area contributed by atoms with Crippen molar-refractivity contribution in [2.45, 2.75) is 0 Å². The summed E-state index contributed by atoms with van der Waals surface area (Å²) in [5.74, 6) is 0. The molecule has 0 aliphatic carbocycles. The normalized spacial score (nSPS) is 0. The van der Waals surface area contributed by atoms with E-state index in [1.54, 1.807) is 0 Å². The third-order valence-corrected chi connectivity index (χ3v) is 0. The van der Waals surface area contributed by atoms with E-state index in [0.717, 1.165) is 0 Å². The zero-order chi connectivity index (χ0) is 0. The molecule has 0 aliphatic rings. The molecule has 0 atom stereocenters. The summed E-state index contributed by atoms with van der Waals surface area (Å²) in [5, 5.41) is 0. The summed E-state index contributed by atoms with van der Waals surface area (Å²) >= 11 is 0. The Morgan fingerprint density at radius 1 is 0.444 bits per heavy atom. The van der Waals surface area contributed by atoms with E-state index in [0.29, 0.717) is 0 Å². The molecule has 0 spiro atoms. The molecule has 0 aromatic heterocycles. The van der Waals surface area contributed by atoms with Crippen LogP contribution in [-0.4, -0.2) is 55.9 Å². The Hall–Kier alpha value is 1.57. The molecule has 9 heteroatoms. The Morgan fingerprint density at radius 3 is 0.444 bits per heavy atom. The van der Waals surface area contributed by atoms with E-state index < -0.39 is 0 Å². The van der Waals surface area contributed by atoms with Crippen LogP contribution in [0.25, 0.3) is 0 Å². The molecular formula is H6FeMgMnO6. The van der Waals surface area contributed by atoms with Crippen LogP contribution < -0.4 is 0 Å². The van der Waals surface area contributed by atoms with E-state index in [2.05, 4.69) is 0 Å². The van der Waals surface area contributed by atoms with Gasteiger partial charge in [-0.3, -0.25) is 0 Å². The van der Waals surface area contributed by atoms with Gasteiger partial charge in [-0.05, 0) is 0 Å². The van der Waals surface area contributed by atoms with Crippen molar-refractivity contribution in [2.24, 2.45) is 0 Å². The van der Waals surface area contributed by atoms with Gasteiger partial charge in [0.25, 0.3) is 0 Å². The SMILES string of the molecule is [Fe+2].[Mg+2].[Mn+2].[OH-].[OH-].[OH-].[OH-].[OH-].[OH-]. The fraction of sp³-hybridized carbons (Fsp3) is 0. The van der Waals surface area contributed by atoms with Gasteiger partial charge in [0, 0.05) is 0 Å². The second kappa shape index (κ2) is 286. The van der Waals surface area contributed by atoms with Crippen LogP contribution in [0.4, 0.5) is 0 Å². The minimum Gasteiger partial charge on any atom is -0.870 e. The Balaban J connectivity index is 0. The van der Waals surface area contributed by atoms with E-state index in [4.69, 9.17) is 0 Å². The third-order valence-electron chi connectivity index (χ3n) is 0. The van der Waals surface area contributed by atoms with Crippen LogP contribution in [0, 0.1) is 0 Å². The van der Waals surface area contributed by atoms with Gasteiger partial charge in [0.1, 0.15) is 0 Å². The fourth-order valence-corrected chi connectivity index (χ4v) is 0. The molecule has 0 amide bonds. The molecule has 0 fully saturated rings. The van der Waals surface area contributed by atoms with Gasteiger partial charge in [-0.15, -0.1) is 0 Å². The molecule has 0 aliphatic heterocycles. The molecule has 0 aromatic rings. The standard InChI is InChI=1S/Fe.Mg.Mn.6H2O/h;;;6*1H2/q3*+2;;;;;;/p-6. The summed E-state index contributed by atoms with van der Waals surface area (Å²) in [4.78, 5) is 0. The van der Waals surface area contributed by atoms with Gasteiger partial charge < -0.3 is 32.9 Å². The first-order valence-electron chi connectivity index (χ1n) is 0. The van der Waals surface area contributed by atoms with Crippen molar-refractivity contribution in [1.82, 2.24) is 0 Å². The van der Waals surface area contributed by atoms with Gasteiger partial charge in [-0.1, -0.05) is 0 Å². The second-order valence-corrected chi connectivity index (χ2v) is 0. The van der Waals surface area contributed by atoms with Crippen molar-refractivity contribution < 1.29 is 67.0 Å². The van der Waals surface area contributed by atoms with Crippen LogP contribution in [0.3, 0.4) is 0 Å². The van der Waals surface area contributed by atoms with Gasteiger partial charge in [-0.25, -0.2) is 0 Å². The van der Waals surface area contributed by atoms with Gasteiger partial charge in [0.05, 0.1) is 0 Å². The van der Waals surface area contributed by atoms with Crippen molar-refractivity contribution in [3.05, 3.63) is 0 Å². The van der Waals surface area contributed by atoms with Crippen LogP contribution in [0.1, 0.15) is 0 Å². The van der Waals surface area contributed by atoms with E-state index in [-0.39, 0.29) is 90.0 Å². The Kier molecular flexibility index (Phi) is 12600. The van der Waals surface area contributed by atoms with Gasteiger partial charge in [0.15, 0.2) is 0 Å². The first kappa shape index (κ1) is 395. The van der Waals surface area contributed by atoms with E-state index in [9.17, 15) is 0 Å². The number of hydrogen-bond donors (Lipinski definition) is 0. The summed E-state index contributed by atoms with van der Waals surface area (Å²) in [6.45, 7) is 0. The van der Waals surface area contributed by atoms with Crippen LogP contribution in [0.5, 0.6) is 0 Å². The summed E-state index contributed by atoms with van der Waals surface area (Å²) in [6, 6.07) is 0. The first-order valence-corrected chi connectivity index (χ1v) is 0. The van der Waals surface area contributed by atoms with Crippen LogP contribution >= 0.6 is 0 Å². The maximum atomic E-state index is 0. The Labute approximate surface area is 89.7 Å². The number of rotatable bonds is 0. The molecule has 0 aromatic carbocycles. The Morgan fingerprint density at radius 2 is 0.444 bits per heavy atom. The summed E-state index contributed by atoms with van der Waals surface area (Å²) < 4.78 is 0. The average Bonchev–Trinajstić information content (AvgIpc) is 0. The molecule has 6 nitrogen and oxygen atoms in total. The van der Waals surface area contributed by atoms with Gasteiger partial charge >= 0.3 is 57.2 Å². The molecule has 0 unspecified atom stereocenters. The predicted octanol–water partition coefficient (Wildman–Crippen LogP) is -1.45. The van der Waals surface area contributed by atoms with Crippen molar-refractivity contribution in [2.75, 3.05) is 0 Å². The number of hydrogen-bond acceptors (Lipinski definition) is 6. The molecule has 0 saturated carbocycles. The van der Waals surface area contributed by atoms with Gasteiger partial charge in [0.2, 0.25) is 0 Å². The molecule has 0 rings (SSSR count). The summed E-state index contributed by atoms with van der Waals surface area (Å²) in [6.07, 6.45) is 0. The molecule has 6 N–H and O–H groups in total. The maximum Gasteiger partial charge on any atom is 2.00 e. The summed E-state index contributed by atoms with van der Waals surface area (Å²) in [7, 11) is 0. The van der Waals surface area contributed by atoms with Crippen LogP contribution in [0.15, 0.2) is 0 Å². The van der Waals surface area contributed by atoms with E-state index in [1.807, 2.05) is 0 Å².